The van der Waals surface area contributed by atoms with Crippen LogP contribution in [-0.2, 0) is 17.9 Å². The third-order valence-corrected chi connectivity index (χ3v) is 4.37. The normalized spacial score (nSPS) is 13.6. The van der Waals surface area contributed by atoms with Crippen molar-refractivity contribution in [1.82, 2.24) is 25.1 Å². The number of nitrogens with zero attached hydrogens (tertiary/aromatic N) is 5. The highest BCUT2D eigenvalue weighted by Gasteiger charge is 2.33. The summed E-state index contributed by atoms with van der Waals surface area (Å²) in [6.07, 6.45) is 1.89. The van der Waals surface area contributed by atoms with Crippen molar-refractivity contribution in [1.29, 1.82) is 0 Å². The number of benzene rings is 2. The molecular weight excluding hydrogens is 333 g/mol. The fraction of sp³-hybridized carbons (Fsp3) is 0.263. The van der Waals surface area contributed by atoms with E-state index in [9.17, 15) is 9.18 Å². The van der Waals surface area contributed by atoms with Crippen LogP contribution < -0.4 is 0 Å². The maximum Gasteiger partial charge on any atom is 0.246 e. The molecule has 26 heavy (non-hydrogen) atoms. The minimum atomic E-state index is -0.295. The first kappa shape index (κ1) is 16.4. The summed E-state index contributed by atoms with van der Waals surface area (Å²) in [6.45, 7) is 0.251. The molecule has 0 saturated heterocycles. The first-order valence-electron chi connectivity index (χ1n) is 8.57. The summed E-state index contributed by atoms with van der Waals surface area (Å²) in [7, 11) is 0. The number of rotatable bonds is 6. The van der Waals surface area contributed by atoms with Gasteiger partial charge in [-0.2, -0.15) is 4.80 Å². The summed E-state index contributed by atoms with van der Waals surface area (Å²) < 4.78 is 13.9. The zero-order valence-corrected chi connectivity index (χ0v) is 14.1. The van der Waals surface area contributed by atoms with Gasteiger partial charge in [-0.25, -0.2) is 4.39 Å². The Hall–Kier alpha value is -3.09. The van der Waals surface area contributed by atoms with Crippen molar-refractivity contribution in [2.24, 2.45) is 0 Å². The number of aromatic nitrogens is 4. The summed E-state index contributed by atoms with van der Waals surface area (Å²) in [6, 6.07) is 16.2. The largest absolute Gasteiger partial charge is 0.334 e. The van der Waals surface area contributed by atoms with Gasteiger partial charge in [0.15, 0.2) is 0 Å². The molecule has 6 nitrogen and oxygen atoms in total. The molecule has 3 aromatic rings. The van der Waals surface area contributed by atoms with Crippen LogP contribution in [0.2, 0.25) is 0 Å². The Labute approximate surface area is 150 Å². The number of hydrogen-bond acceptors (Lipinski definition) is 4. The van der Waals surface area contributed by atoms with Crippen LogP contribution in [0.15, 0.2) is 54.6 Å². The number of carbonyl (C=O) groups excluding carboxylic acids is 1. The molecule has 1 aromatic heterocycles. The van der Waals surface area contributed by atoms with Gasteiger partial charge in [-0.1, -0.05) is 48.5 Å². The summed E-state index contributed by atoms with van der Waals surface area (Å²) in [5.41, 5.74) is 1.36. The van der Waals surface area contributed by atoms with Crippen molar-refractivity contribution in [3.63, 3.8) is 0 Å². The fourth-order valence-corrected chi connectivity index (χ4v) is 2.84. The molecule has 132 valence electrons. The minimum absolute atomic E-state index is 0.00914. The summed E-state index contributed by atoms with van der Waals surface area (Å²) >= 11 is 0. The van der Waals surface area contributed by atoms with E-state index in [0.29, 0.717) is 11.4 Å². The van der Waals surface area contributed by atoms with E-state index >= 15 is 0 Å². The van der Waals surface area contributed by atoms with Crippen LogP contribution >= 0.6 is 0 Å². The average Bonchev–Trinajstić information content (AvgIpc) is 3.40. The maximum absolute atomic E-state index is 13.9. The van der Waals surface area contributed by atoms with Gasteiger partial charge in [-0.3, -0.25) is 4.79 Å². The van der Waals surface area contributed by atoms with E-state index < -0.39 is 0 Å². The number of amides is 1. The highest BCUT2D eigenvalue weighted by molar-refractivity contribution is 5.76. The van der Waals surface area contributed by atoms with Gasteiger partial charge >= 0.3 is 0 Å². The van der Waals surface area contributed by atoms with E-state index in [-0.39, 0.29) is 30.9 Å². The Bertz CT molecular complexity index is 907. The average molecular weight is 351 g/mol. The van der Waals surface area contributed by atoms with Gasteiger partial charge in [0.1, 0.15) is 12.4 Å². The van der Waals surface area contributed by atoms with Crippen molar-refractivity contribution in [3.05, 3.63) is 66.0 Å². The lowest BCUT2D eigenvalue weighted by molar-refractivity contribution is -0.133. The quantitative estimate of drug-likeness (QED) is 0.685. The molecule has 0 N–H and O–H groups in total. The summed E-state index contributed by atoms with van der Waals surface area (Å²) in [4.78, 5) is 15.7. The Morgan fingerprint density at radius 2 is 1.85 bits per heavy atom. The molecule has 1 saturated carbocycles. The van der Waals surface area contributed by atoms with Gasteiger partial charge in [0.25, 0.3) is 0 Å². The predicted molar refractivity (Wildman–Crippen MR) is 93.2 cm³/mol. The van der Waals surface area contributed by atoms with Crippen LogP contribution in [0.4, 0.5) is 4.39 Å². The van der Waals surface area contributed by atoms with E-state index in [4.69, 9.17) is 0 Å². The summed E-state index contributed by atoms with van der Waals surface area (Å²) in [5.74, 6) is 0.0504. The topological polar surface area (TPSA) is 63.9 Å². The van der Waals surface area contributed by atoms with Crippen LogP contribution in [0, 0.1) is 5.82 Å². The standard InChI is InChI=1S/C19H18FN5O/c20-17-9-5-4-8-15(17)12-24(16-10-11-16)18(26)13-25-22-19(21-23-25)14-6-2-1-3-7-14/h1-9,16H,10-13H2. The molecule has 0 radical (unpaired) electrons. The number of hydrogen-bond donors (Lipinski definition) is 0. The lowest BCUT2D eigenvalue weighted by Gasteiger charge is -2.22. The second kappa shape index (κ2) is 7.03. The van der Waals surface area contributed by atoms with Crippen molar-refractivity contribution in [2.45, 2.75) is 32.0 Å². The SMILES string of the molecule is O=C(Cn1nnc(-c2ccccc2)n1)N(Cc1ccccc1F)C1CC1. The lowest BCUT2D eigenvalue weighted by atomic mass is 10.2. The zero-order valence-electron chi connectivity index (χ0n) is 14.1. The number of tetrazole rings is 1. The second-order valence-corrected chi connectivity index (χ2v) is 6.35. The van der Waals surface area contributed by atoms with Gasteiger partial charge in [0.05, 0.1) is 0 Å². The van der Waals surface area contributed by atoms with Crippen LogP contribution in [0.25, 0.3) is 11.4 Å². The van der Waals surface area contributed by atoms with Gasteiger partial charge < -0.3 is 4.90 Å². The number of carbonyl (C=O) groups is 1. The van der Waals surface area contributed by atoms with Crippen LogP contribution in [-0.4, -0.2) is 37.1 Å². The molecular formula is C19H18FN5O. The maximum atomic E-state index is 13.9. The van der Waals surface area contributed by atoms with E-state index in [0.717, 1.165) is 18.4 Å². The highest BCUT2D eigenvalue weighted by Crippen LogP contribution is 2.29. The lowest BCUT2D eigenvalue weighted by Crippen LogP contribution is -2.36. The molecule has 7 heteroatoms. The minimum Gasteiger partial charge on any atom is -0.334 e. The summed E-state index contributed by atoms with van der Waals surface area (Å²) in [5, 5.41) is 12.3. The molecule has 1 amide bonds. The predicted octanol–water partition coefficient (Wildman–Crippen LogP) is 2.67. The molecule has 0 spiro atoms. The van der Waals surface area contributed by atoms with E-state index in [1.54, 1.807) is 23.1 Å². The molecule has 1 aliphatic rings. The molecule has 1 fully saturated rings. The van der Waals surface area contributed by atoms with E-state index in [2.05, 4.69) is 15.4 Å². The van der Waals surface area contributed by atoms with Crippen LogP contribution in [0.1, 0.15) is 18.4 Å². The molecule has 1 aliphatic carbocycles. The molecule has 0 atom stereocenters. The van der Waals surface area contributed by atoms with Crippen molar-refractivity contribution < 1.29 is 9.18 Å². The van der Waals surface area contributed by atoms with Gasteiger partial charge in [-0.15, -0.1) is 10.2 Å². The Morgan fingerprint density at radius 1 is 1.12 bits per heavy atom. The third kappa shape index (κ3) is 3.61. The van der Waals surface area contributed by atoms with E-state index in [1.165, 1.54) is 10.9 Å². The Kier molecular flexibility index (Phi) is 4.43. The van der Waals surface area contributed by atoms with Crippen LogP contribution in [0.3, 0.4) is 0 Å². The van der Waals surface area contributed by atoms with Crippen molar-refractivity contribution in [2.75, 3.05) is 0 Å². The molecule has 1 heterocycles. The smallest absolute Gasteiger partial charge is 0.246 e. The van der Waals surface area contributed by atoms with E-state index in [1.807, 2.05) is 30.3 Å². The fourth-order valence-electron chi connectivity index (χ4n) is 2.84. The molecule has 0 aliphatic heterocycles. The number of halogens is 1. The van der Waals surface area contributed by atoms with Gasteiger partial charge in [-0.05, 0) is 24.1 Å². The Morgan fingerprint density at radius 3 is 2.58 bits per heavy atom. The molecule has 4 rings (SSSR count). The first-order valence-corrected chi connectivity index (χ1v) is 8.57. The third-order valence-electron chi connectivity index (χ3n) is 4.37. The molecule has 0 unspecified atom stereocenters. The monoisotopic (exact) mass is 351 g/mol. The zero-order chi connectivity index (χ0) is 17.9. The molecule has 2 aromatic carbocycles. The van der Waals surface area contributed by atoms with Crippen molar-refractivity contribution >= 4 is 5.91 Å². The van der Waals surface area contributed by atoms with Gasteiger partial charge in [0.2, 0.25) is 11.7 Å². The first-order chi connectivity index (χ1) is 12.7. The highest BCUT2D eigenvalue weighted by atomic mass is 19.1. The molecule has 0 bridgehead atoms. The van der Waals surface area contributed by atoms with Gasteiger partial charge in [0, 0.05) is 23.7 Å². The Balaban J connectivity index is 1.47. The second-order valence-electron chi connectivity index (χ2n) is 6.35. The van der Waals surface area contributed by atoms with Crippen molar-refractivity contribution in [3.8, 4) is 11.4 Å². The van der Waals surface area contributed by atoms with Crippen LogP contribution in [0.5, 0.6) is 0 Å².